The van der Waals surface area contributed by atoms with Crippen molar-refractivity contribution in [3.05, 3.63) is 35.6 Å². The van der Waals surface area contributed by atoms with E-state index in [4.69, 9.17) is 4.74 Å². The second-order valence-corrected chi connectivity index (χ2v) is 4.26. The highest BCUT2D eigenvalue weighted by Gasteiger charge is 2.32. The zero-order valence-corrected chi connectivity index (χ0v) is 9.78. The minimum Gasteiger partial charge on any atom is -0.469 e. The summed E-state index contributed by atoms with van der Waals surface area (Å²) in [7, 11) is 1.40. The van der Waals surface area contributed by atoms with Crippen LogP contribution in [0.5, 0.6) is 0 Å². The van der Waals surface area contributed by atoms with Crippen LogP contribution in [-0.4, -0.2) is 19.6 Å². The lowest BCUT2D eigenvalue weighted by molar-refractivity contribution is -0.147. The predicted molar refractivity (Wildman–Crippen MR) is 61.9 cm³/mol. The fourth-order valence-electron chi connectivity index (χ4n) is 2.31. The Labute approximate surface area is 100.0 Å². The van der Waals surface area contributed by atoms with E-state index in [2.05, 4.69) is 5.32 Å². The van der Waals surface area contributed by atoms with Crippen molar-refractivity contribution in [2.45, 2.75) is 18.9 Å². The first-order valence-electron chi connectivity index (χ1n) is 5.79. The molecule has 0 saturated carbocycles. The Morgan fingerprint density at radius 2 is 2.12 bits per heavy atom. The Balaban J connectivity index is 2.21. The lowest BCUT2D eigenvalue weighted by Gasteiger charge is -2.31. The molecule has 4 heteroatoms. The van der Waals surface area contributed by atoms with Crippen LogP contribution in [0.4, 0.5) is 4.39 Å². The van der Waals surface area contributed by atoms with Crippen molar-refractivity contribution in [1.29, 1.82) is 0 Å². The van der Waals surface area contributed by atoms with Crippen molar-refractivity contribution in [2.75, 3.05) is 13.7 Å². The van der Waals surface area contributed by atoms with E-state index >= 15 is 0 Å². The van der Waals surface area contributed by atoms with Crippen molar-refractivity contribution in [3.8, 4) is 0 Å². The summed E-state index contributed by atoms with van der Waals surface area (Å²) in [4.78, 5) is 11.7. The van der Waals surface area contributed by atoms with Crippen molar-refractivity contribution in [1.82, 2.24) is 5.32 Å². The van der Waals surface area contributed by atoms with Gasteiger partial charge < -0.3 is 10.1 Å². The average Bonchev–Trinajstić information content (AvgIpc) is 2.39. The molecular weight excluding hydrogens is 221 g/mol. The lowest BCUT2D eigenvalue weighted by atomic mass is 9.86. The molecule has 1 saturated heterocycles. The van der Waals surface area contributed by atoms with Gasteiger partial charge in [0, 0.05) is 6.04 Å². The Hall–Kier alpha value is -1.42. The summed E-state index contributed by atoms with van der Waals surface area (Å²) >= 11 is 0. The van der Waals surface area contributed by atoms with Gasteiger partial charge in [0.1, 0.15) is 5.82 Å². The molecule has 0 radical (unpaired) electrons. The molecule has 3 nitrogen and oxygen atoms in total. The van der Waals surface area contributed by atoms with E-state index < -0.39 is 0 Å². The first kappa shape index (κ1) is 12.0. The topological polar surface area (TPSA) is 38.3 Å². The number of hydrogen-bond acceptors (Lipinski definition) is 3. The first-order chi connectivity index (χ1) is 8.22. The van der Waals surface area contributed by atoms with E-state index in [0.29, 0.717) is 0 Å². The van der Waals surface area contributed by atoms with E-state index in [9.17, 15) is 9.18 Å². The largest absolute Gasteiger partial charge is 0.469 e. The molecule has 1 N–H and O–H groups in total. The van der Waals surface area contributed by atoms with Crippen molar-refractivity contribution in [2.24, 2.45) is 5.92 Å². The summed E-state index contributed by atoms with van der Waals surface area (Å²) in [6, 6.07) is 6.19. The van der Waals surface area contributed by atoms with Gasteiger partial charge in [-0.2, -0.15) is 0 Å². The lowest BCUT2D eigenvalue weighted by Crippen LogP contribution is -2.38. The molecule has 1 fully saturated rings. The molecule has 1 aliphatic heterocycles. The molecule has 1 heterocycles. The van der Waals surface area contributed by atoms with Gasteiger partial charge in [-0.1, -0.05) is 12.1 Å². The Kier molecular flexibility index (Phi) is 3.74. The third-order valence-corrected chi connectivity index (χ3v) is 3.19. The van der Waals surface area contributed by atoms with Crippen LogP contribution in [0.25, 0.3) is 0 Å². The number of methoxy groups -OCH3 is 1. The molecule has 1 aromatic rings. The van der Waals surface area contributed by atoms with Gasteiger partial charge in [0.25, 0.3) is 0 Å². The molecule has 2 rings (SSSR count). The number of esters is 1. The first-order valence-corrected chi connectivity index (χ1v) is 5.79. The molecule has 1 aromatic carbocycles. The van der Waals surface area contributed by atoms with Gasteiger partial charge in [0.05, 0.1) is 13.0 Å². The maximum Gasteiger partial charge on any atom is 0.310 e. The van der Waals surface area contributed by atoms with E-state index in [0.717, 1.165) is 24.9 Å². The van der Waals surface area contributed by atoms with E-state index in [1.54, 1.807) is 12.1 Å². The molecule has 0 aliphatic carbocycles. The van der Waals surface area contributed by atoms with E-state index in [1.165, 1.54) is 19.2 Å². The van der Waals surface area contributed by atoms with Gasteiger partial charge in [0.15, 0.2) is 0 Å². The zero-order chi connectivity index (χ0) is 12.3. The van der Waals surface area contributed by atoms with Gasteiger partial charge in [-0.3, -0.25) is 4.79 Å². The van der Waals surface area contributed by atoms with Crippen LogP contribution in [0.3, 0.4) is 0 Å². The van der Waals surface area contributed by atoms with Gasteiger partial charge >= 0.3 is 5.97 Å². The molecule has 0 spiro atoms. The second-order valence-electron chi connectivity index (χ2n) is 4.26. The molecule has 0 bridgehead atoms. The third kappa shape index (κ3) is 2.64. The van der Waals surface area contributed by atoms with Crippen LogP contribution in [0, 0.1) is 11.7 Å². The monoisotopic (exact) mass is 237 g/mol. The van der Waals surface area contributed by atoms with Crippen molar-refractivity contribution in [3.63, 3.8) is 0 Å². The molecule has 2 atom stereocenters. The maximum atomic E-state index is 12.9. The average molecular weight is 237 g/mol. The highest BCUT2D eigenvalue weighted by atomic mass is 19.1. The smallest absolute Gasteiger partial charge is 0.310 e. The van der Waals surface area contributed by atoms with E-state index in [-0.39, 0.29) is 23.7 Å². The maximum absolute atomic E-state index is 12.9. The minimum atomic E-state index is -0.265. The summed E-state index contributed by atoms with van der Waals surface area (Å²) in [5.41, 5.74) is 0.932. The van der Waals surface area contributed by atoms with Gasteiger partial charge in [-0.25, -0.2) is 4.39 Å². The SMILES string of the molecule is COC(=O)C1CCCNC1c1ccc(F)cc1. The predicted octanol–water partition coefficient (Wildman–Crippen LogP) is 2.04. The number of ether oxygens (including phenoxy) is 1. The summed E-state index contributed by atoms with van der Waals surface area (Å²) in [6.07, 6.45) is 1.76. The number of benzene rings is 1. The van der Waals surface area contributed by atoms with Crippen LogP contribution in [0.2, 0.25) is 0 Å². The number of carbonyl (C=O) groups is 1. The number of rotatable bonds is 2. The Morgan fingerprint density at radius 3 is 2.76 bits per heavy atom. The molecule has 17 heavy (non-hydrogen) atoms. The van der Waals surface area contributed by atoms with Crippen LogP contribution in [0.1, 0.15) is 24.4 Å². The van der Waals surface area contributed by atoms with E-state index in [1.807, 2.05) is 0 Å². The zero-order valence-electron chi connectivity index (χ0n) is 9.78. The number of carbonyl (C=O) groups excluding carboxylic acids is 1. The summed E-state index contributed by atoms with van der Waals surface area (Å²) in [6.45, 7) is 0.871. The highest BCUT2D eigenvalue weighted by molar-refractivity contribution is 5.73. The number of halogens is 1. The summed E-state index contributed by atoms with van der Waals surface area (Å²) in [5.74, 6) is -0.648. The molecule has 0 amide bonds. The van der Waals surface area contributed by atoms with Gasteiger partial charge in [-0.15, -0.1) is 0 Å². The van der Waals surface area contributed by atoms with Crippen LogP contribution >= 0.6 is 0 Å². The molecular formula is C13H16FNO2. The standard InChI is InChI=1S/C13H16FNO2/c1-17-13(16)11-3-2-8-15-12(11)9-4-6-10(14)7-5-9/h4-7,11-12,15H,2-3,8H2,1H3. The Morgan fingerprint density at radius 1 is 1.41 bits per heavy atom. The number of hydrogen-bond donors (Lipinski definition) is 1. The fourth-order valence-corrected chi connectivity index (χ4v) is 2.31. The van der Waals surface area contributed by atoms with Crippen molar-refractivity contribution >= 4 is 5.97 Å². The van der Waals surface area contributed by atoms with Crippen LogP contribution in [-0.2, 0) is 9.53 Å². The Bertz CT molecular complexity index is 391. The molecule has 1 aliphatic rings. The van der Waals surface area contributed by atoms with Gasteiger partial charge in [-0.05, 0) is 37.1 Å². The molecule has 0 aromatic heterocycles. The quantitative estimate of drug-likeness (QED) is 0.800. The van der Waals surface area contributed by atoms with Crippen molar-refractivity contribution < 1.29 is 13.9 Å². The minimum absolute atomic E-state index is 0.0724. The van der Waals surface area contributed by atoms with Crippen LogP contribution < -0.4 is 5.32 Å². The molecule has 92 valence electrons. The van der Waals surface area contributed by atoms with Crippen LogP contribution in [0.15, 0.2) is 24.3 Å². The summed E-state index contributed by atoms with van der Waals surface area (Å²) in [5, 5.41) is 3.30. The normalized spacial score (nSPS) is 24.4. The fraction of sp³-hybridized carbons (Fsp3) is 0.462. The third-order valence-electron chi connectivity index (χ3n) is 3.19. The van der Waals surface area contributed by atoms with Gasteiger partial charge in [0.2, 0.25) is 0 Å². The highest BCUT2D eigenvalue weighted by Crippen LogP contribution is 2.30. The number of nitrogens with one attached hydrogen (secondary N) is 1. The molecule has 2 unspecified atom stereocenters. The summed E-state index contributed by atoms with van der Waals surface area (Å²) < 4.78 is 17.7. The number of piperidine rings is 1. The second kappa shape index (κ2) is 5.27.